The van der Waals surface area contributed by atoms with Crippen LogP contribution in [-0.2, 0) is 9.47 Å². The number of carbonyl (C=O) groups excluding carboxylic acids is 1. The summed E-state index contributed by atoms with van der Waals surface area (Å²) in [6.45, 7) is 2.11. The van der Waals surface area contributed by atoms with Crippen LogP contribution in [0.2, 0.25) is 0 Å². The smallest absolute Gasteiger partial charge is 0.438 e. The van der Waals surface area contributed by atoms with Gasteiger partial charge in [-0.1, -0.05) is 49.8 Å². The number of benzene rings is 1. The molecule has 0 N–H and O–H groups in total. The lowest BCUT2D eigenvalue weighted by atomic mass is 9.88. The van der Waals surface area contributed by atoms with Gasteiger partial charge in [-0.05, 0) is 30.6 Å². The Morgan fingerprint density at radius 2 is 2.13 bits per heavy atom. The van der Waals surface area contributed by atoms with Gasteiger partial charge in [0.2, 0.25) is 0 Å². The van der Waals surface area contributed by atoms with Crippen molar-refractivity contribution in [3.8, 4) is 0 Å². The minimum Gasteiger partial charge on any atom is -0.438 e. The van der Waals surface area contributed by atoms with Crippen molar-refractivity contribution in [1.29, 1.82) is 0 Å². The third-order valence-corrected chi connectivity index (χ3v) is 3.78. The fraction of sp³-hybridized carbons (Fsp3) is 0.368. The van der Waals surface area contributed by atoms with Crippen LogP contribution in [0.1, 0.15) is 38.2 Å². The molecular formula is C19H23NO3. The summed E-state index contributed by atoms with van der Waals surface area (Å²) < 4.78 is 10.1. The normalized spacial score (nSPS) is 20.3. The lowest BCUT2D eigenvalue weighted by molar-refractivity contribution is -0.00524. The van der Waals surface area contributed by atoms with Crippen LogP contribution in [0.5, 0.6) is 0 Å². The summed E-state index contributed by atoms with van der Waals surface area (Å²) in [7, 11) is 1.33. The molecule has 0 saturated carbocycles. The van der Waals surface area contributed by atoms with Crippen LogP contribution in [0.3, 0.4) is 0 Å². The molecule has 23 heavy (non-hydrogen) atoms. The van der Waals surface area contributed by atoms with Crippen LogP contribution < -0.4 is 0 Å². The van der Waals surface area contributed by atoms with Crippen molar-refractivity contribution in [3.05, 3.63) is 59.8 Å². The molecule has 0 fully saturated rings. The fourth-order valence-corrected chi connectivity index (χ4v) is 2.43. The number of allylic oxidation sites excluding steroid dienone is 1. The van der Waals surface area contributed by atoms with Gasteiger partial charge in [0.15, 0.2) is 0 Å². The van der Waals surface area contributed by atoms with Gasteiger partial charge in [-0.15, -0.1) is 0 Å². The minimum absolute atomic E-state index is 0.611. The highest BCUT2D eigenvalue weighted by molar-refractivity contribution is 5.80. The second-order valence-corrected chi connectivity index (χ2v) is 5.56. The van der Waals surface area contributed by atoms with Gasteiger partial charge in [0.1, 0.15) is 5.60 Å². The van der Waals surface area contributed by atoms with Gasteiger partial charge < -0.3 is 9.47 Å². The number of methoxy groups -OCH3 is 1. The second kappa shape index (κ2) is 8.32. The standard InChI is InChI=1S/C19H23NO3/c1-3-4-12-19(23-18(21)22-2)13-10-17(11-14-19)20-15-16-8-6-5-7-9-16/h5-11,13,15H,3-4,12,14H2,1-2H3. The van der Waals surface area contributed by atoms with Gasteiger partial charge in [0, 0.05) is 12.6 Å². The summed E-state index contributed by atoms with van der Waals surface area (Å²) in [5.41, 5.74) is 1.30. The zero-order valence-electron chi connectivity index (χ0n) is 13.7. The predicted molar refractivity (Wildman–Crippen MR) is 91.6 cm³/mol. The van der Waals surface area contributed by atoms with E-state index in [1.54, 1.807) is 0 Å². The number of hydrogen-bond donors (Lipinski definition) is 0. The summed E-state index contributed by atoms with van der Waals surface area (Å²) in [6, 6.07) is 9.94. The quantitative estimate of drug-likeness (QED) is 0.567. The summed E-state index contributed by atoms with van der Waals surface area (Å²) in [4.78, 5) is 16.0. The highest BCUT2D eigenvalue weighted by atomic mass is 16.7. The van der Waals surface area contributed by atoms with Crippen molar-refractivity contribution in [2.45, 2.75) is 38.2 Å². The van der Waals surface area contributed by atoms with Crippen molar-refractivity contribution >= 4 is 12.4 Å². The number of ether oxygens (including phenoxy) is 2. The van der Waals surface area contributed by atoms with E-state index in [4.69, 9.17) is 4.74 Å². The molecule has 4 heteroatoms. The molecule has 0 heterocycles. The van der Waals surface area contributed by atoms with E-state index in [9.17, 15) is 4.79 Å². The number of carbonyl (C=O) groups is 1. The summed E-state index contributed by atoms with van der Waals surface area (Å²) in [5.74, 6) is 0. The summed E-state index contributed by atoms with van der Waals surface area (Å²) in [5, 5.41) is 0. The second-order valence-electron chi connectivity index (χ2n) is 5.56. The molecule has 0 radical (unpaired) electrons. The molecule has 1 aliphatic carbocycles. The van der Waals surface area contributed by atoms with Crippen molar-refractivity contribution in [2.75, 3.05) is 7.11 Å². The molecular weight excluding hydrogens is 290 g/mol. The van der Waals surface area contributed by atoms with E-state index in [1.807, 2.05) is 54.8 Å². The van der Waals surface area contributed by atoms with Crippen LogP contribution in [0.15, 0.2) is 59.2 Å². The van der Waals surface area contributed by atoms with Crippen molar-refractivity contribution in [2.24, 2.45) is 4.99 Å². The maximum atomic E-state index is 11.5. The highest BCUT2D eigenvalue weighted by Crippen LogP contribution is 2.31. The van der Waals surface area contributed by atoms with E-state index >= 15 is 0 Å². The van der Waals surface area contributed by atoms with E-state index in [-0.39, 0.29) is 0 Å². The SMILES string of the molecule is CCCCC1(OC(=O)OC)C=CC(N=Cc2ccccc2)=CC1. The van der Waals surface area contributed by atoms with Crippen LogP contribution >= 0.6 is 0 Å². The first kappa shape index (κ1) is 17.0. The predicted octanol–water partition coefficient (Wildman–Crippen LogP) is 4.66. The Kier molecular flexibility index (Phi) is 6.15. The Hall–Kier alpha value is -2.36. The van der Waals surface area contributed by atoms with Crippen molar-refractivity contribution in [1.82, 2.24) is 0 Å². The zero-order valence-corrected chi connectivity index (χ0v) is 13.7. The topological polar surface area (TPSA) is 47.9 Å². The van der Waals surface area contributed by atoms with Gasteiger partial charge in [0.25, 0.3) is 0 Å². The molecule has 1 aliphatic rings. The maximum absolute atomic E-state index is 11.5. The number of hydrogen-bond acceptors (Lipinski definition) is 4. The molecule has 0 bridgehead atoms. The van der Waals surface area contributed by atoms with Crippen LogP contribution in [-0.4, -0.2) is 25.1 Å². The largest absolute Gasteiger partial charge is 0.508 e. The van der Waals surface area contributed by atoms with Gasteiger partial charge in [-0.2, -0.15) is 0 Å². The first-order valence-electron chi connectivity index (χ1n) is 7.93. The maximum Gasteiger partial charge on any atom is 0.508 e. The van der Waals surface area contributed by atoms with E-state index in [0.717, 1.165) is 30.5 Å². The monoisotopic (exact) mass is 313 g/mol. The minimum atomic E-state index is -0.643. The molecule has 0 amide bonds. The summed E-state index contributed by atoms with van der Waals surface area (Å²) in [6.07, 6.45) is 10.4. The Labute approximate surface area is 137 Å². The number of rotatable bonds is 6. The van der Waals surface area contributed by atoms with Gasteiger partial charge >= 0.3 is 6.16 Å². The lowest BCUT2D eigenvalue weighted by Gasteiger charge is -2.31. The van der Waals surface area contributed by atoms with Crippen LogP contribution in [0.4, 0.5) is 4.79 Å². The molecule has 0 aliphatic heterocycles. The Bertz CT molecular complexity index is 604. The summed E-state index contributed by atoms with van der Waals surface area (Å²) >= 11 is 0. The van der Waals surface area contributed by atoms with E-state index in [2.05, 4.69) is 16.7 Å². The first-order valence-corrected chi connectivity index (χ1v) is 7.93. The number of nitrogens with zero attached hydrogens (tertiary/aromatic N) is 1. The molecule has 1 unspecified atom stereocenters. The third kappa shape index (κ3) is 5.09. The zero-order chi connectivity index (χ0) is 16.5. The first-order chi connectivity index (χ1) is 11.2. The van der Waals surface area contributed by atoms with Gasteiger partial charge in [-0.3, -0.25) is 4.99 Å². The molecule has 1 aromatic rings. The molecule has 1 aromatic carbocycles. The molecule has 0 saturated heterocycles. The van der Waals surface area contributed by atoms with E-state index in [1.165, 1.54) is 7.11 Å². The molecule has 4 nitrogen and oxygen atoms in total. The molecule has 2 rings (SSSR count). The number of unbranched alkanes of at least 4 members (excludes halogenated alkanes) is 1. The van der Waals surface area contributed by atoms with Crippen LogP contribution in [0.25, 0.3) is 0 Å². The van der Waals surface area contributed by atoms with Crippen molar-refractivity contribution < 1.29 is 14.3 Å². The van der Waals surface area contributed by atoms with Crippen molar-refractivity contribution in [3.63, 3.8) is 0 Å². The Balaban J connectivity index is 2.05. The molecule has 1 atom stereocenters. The molecule has 0 aromatic heterocycles. The van der Waals surface area contributed by atoms with Gasteiger partial charge in [0.05, 0.1) is 12.8 Å². The molecule has 0 spiro atoms. The van der Waals surface area contributed by atoms with Gasteiger partial charge in [-0.25, -0.2) is 4.79 Å². The fourth-order valence-electron chi connectivity index (χ4n) is 2.43. The van der Waals surface area contributed by atoms with E-state index < -0.39 is 11.8 Å². The lowest BCUT2D eigenvalue weighted by Crippen LogP contribution is -2.34. The number of aliphatic imine (C=N–C) groups is 1. The average molecular weight is 313 g/mol. The Morgan fingerprint density at radius 1 is 1.35 bits per heavy atom. The highest BCUT2D eigenvalue weighted by Gasteiger charge is 2.32. The van der Waals surface area contributed by atoms with Crippen LogP contribution in [0, 0.1) is 0 Å². The third-order valence-electron chi connectivity index (χ3n) is 3.78. The van der Waals surface area contributed by atoms with E-state index in [0.29, 0.717) is 6.42 Å². The Morgan fingerprint density at radius 3 is 2.74 bits per heavy atom. The molecule has 122 valence electrons. The average Bonchev–Trinajstić information content (AvgIpc) is 2.60.